The van der Waals surface area contributed by atoms with Gasteiger partial charge in [-0.25, -0.2) is 4.79 Å². The largest absolute Gasteiger partial charge is 0.465 e. The summed E-state index contributed by atoms with van der Waals surface area (Å²) >= 11 is 5.73. The molecule has 2 rings (SSSR count). The van der Waals surface area contributed by atoms with E-state index in [4.69, 9.17) is 11.6 Å². The van der Waals surface area contributed by atoms with Crippen molar-refractivity contribution in [2.24, 2.45) is 0 Å². The second kappa shape index (κ2) is 8.60. The molecule has 1 N–H and O–H groups in total. The molecule has 9 heteroatoms. The number of anilines is 1. The number of hydrogen-bond acceptors (Lipinski definition) is 6. The molecule has 0 saturated carbocycles. The Morgan fingerprint density at radius 3 is 2.48 bits per heavy atom. The Kier molecular flexibility index (Phi) is 6.25. The number of nitro benzene ring substituents is 1. The number of carbonyl (C=O) groups is 2. The van der Waals surface area contributed by atoms with E-state index in [0.717, 1.165) is 6.07 Å². The number of hydrogen-bond donors (Lipinski definition) is 1. The van der Waals surface area contributed by atoms with Gasteiger partial charge in [0.05, 0.1) is 17.6 Å². The first-order chi connectivity index (χ1) is 12.8. The molecule has 0 aliphatic heterocycles. The van der Waals surface area contributed by atoms with E-state index >= 15 is 0 Å². The van der Waals surface area contributed by atoms with Gasteiger partial charge in [-0.1, -0.05) is 23.7 Å². The number of rotatable bonds is 5. The van der Waals surface area contributed by atoms with Crippen LogP contribution in [0.3, 0.4) is 0 Å². The molecule has 0 aliphatic carbocycles. The van der Waals surface area contributed by atoms with Gasteiger partial charge in [0.1, 0.15) is 17.3 Å². The fraction of sp³-hybridized carbons (Fsp3) is 0.0556. The zero-order valence-electron chi connectivity index (χ0n) is 13.9. The number of ether oxygens (including phenoxy) is 1. The van der Waals surface area contributed by atoms with Crippen LogP contribution in [0.15, 0.2) is 48.0 Å². The van der Waals surface area contributed by atoms with Crippen molar-refractivity contribution in [2.45, 2.75) is 0 Å². The van der Waals surface area contributed by atoms with Crippen LogP contribution in [0.5, 0.6) is 0 Å². The maximum atomic E-state index is 12.3. The molecule has 0 spiro atoms. The van der Waals surface area contributed by atoms with Crippen molar-refractivity contribution >= 4 is 40.9 Å². The summed E-state index contributed by atoms with van der Waals surface area (Å²) in [5.41, 5.74) is 0.0478. The van der Waals surface area contributed by atoms with Gasteiger partial charge in [-0.15, -0.1) is 0 Å². The standard InChI is InChI=1S/C18H12ClN3O5/c1-27-18(24)12-4-2-11(3-5-12)8-13(10-20)17(23)21-15-7-6-14(19)9-16(15)22(25)26/h2-9H,1H3,(H,21,23). The lowest BCUT2D eigenvalue weighted by Gasteiger charge is -2.06. The second-order valence-electron chi connectivity index (χ2n) is 5.16. The Balaban J connectivity index is 2.26. The Hall–Kier alpha value is -3.70. The number of halogens is 1. The summed E-state index contributed by atoms with van der Waals surface area (Å²) in [6.45, 7) is 0. The molecule has 0 unspecified atom stereocenters. The van der Waals surface area contributed by atoms with Gasteiger partial charge >= 0.3 is 5.97 Å². The Morgan fingerprint density at radius 2 is 1.93 bits per heavy atom. The SMILES string of the molecule is COC(=O)c1ccc(C=C(C#N)C(=O)Nc2ccc(Cl)cc2[N+](=O)[O-])cc1. The Morgan fingerprint density at radius 1 is 1.26 bits per heavy atom. The van der Waals surface area contributed by atoms with Crippen LogP contribution in [-0.2, 0) is 9.53 Å². The van der Waals surface area contributed by atoms with E-state index in [-0.39, 0.29) is 16.3 Å². The molecule has 0 radical (unpaired) electrons. The fourth-order valence-electron chi connectivity index (χ4n) is 2.10. The highest BCUT2D eigenvalue weighted by Crippen LogP contribution is 2.28. The van der Waals surface area contributed by atoms with E-state index in [1.807, 2.05) is 0 Å². The minimum Gasteiger partial charge on any atom is -0.465 e. The minimum absolute atomic E-state index is 0.0865. The fourth-order valence-corrected chi connectivity index (χ4v) is 2.27. The average Bonchev–Trinajstić information content (AvgIpc) is 2.67. The van der Waals surface area contributed by atoms with Crippen LogP contribution >= 0.6 is 11.6 Å². The molecule has 8 nitrogen and oxygen atoms in total. The van der Waals surface area contributed by atoms with Crippen LogP contribution in [0.4, 0.5) is 11.4 Å². The maximum Gasteiger partial charge on any atom is 0.337 e. The van der Waals surface area contributed by atoms with Crippen molar-refractivity contribution < 1.29 is 19.2 Å². The predicted molar refractivity (Wildman–Crippen MR) is 98.1 cm³/mol. The van der Waals surface area contributed by atoms with Gasteiger partial charge in [0, 0.05) is 11.1 Å². The van der Waals surface area contributed by atoms with Crippen molar-refractivity contribution in [3.05, 3.63) is 74.3 Å². The molecule has 0 bridgehead atoms. The zero-order chi connectivity index (χ0) is 20.0. The summed E-state index contributed by atoms with van der Waals surface area (Å²) in [6.07, 6.45) is 1.29. The normalized spacial score (nSPS) is 10.6. The van der Waals surface area contributed by atoms with Crippen LogP contribution < -0.4 is 5.32 Å². The average molecular weight is 386 g/mol. The number of nitro groups is 1. The highest BCUT2D eigenvalue weighted by atomic mass is 35.5. The summed E-state index contributed by atoms with van der Waals surface area (Å²) in [5.74, 6) is -1.33. The highest BCUT2D eigenvalue weighted by Gasteiger charge is 2.18. The minimum atomic E-state index is -0.819. The smallest absolute Gasteiger partial charge is 0.337 e. The van der Waals surface area contributed by atoms with Crippen molar-refractivity contribution in [2.75, 3.05) is 12.4 Å². The maximum absolute atomic E-state index is 12.3. The quantitative estimate of drug-likeness (QED) is 0.276. The lowest BCUT2D eigenvalue weighted by molar-refractivity contribution is -0.383. The van der Waals surface area contributed by atoms with Crippen LogP contribution in [0.2, 0.25) is 5.02 Å². The number of esters is 1. The van der Waals surface area contributed by atoms with Gasteiger partial charge in [0.25, 0.3) is 11.6 Å². The molecule has 0 atom stereocenters. The molecule has 2 aromatic carbocycles. The second-order valence-corrected chi connectivity index (χ2v) is 5.59. The first-order valence-electron chi connectivity index (χ1n) is 7.41. The monoisotopic (exact) mass is 385 g/mol. The Labute approximate surface area is 158 Å². The molecule has 0 saturated heterocycles. The molecule has 1 amide bonds. The van der Waals surface area contributed by atoms with E-state index in [1.54, 1.807) is 6.07 Å². The highest BCUT2D eigenvalue weighted by molar-refractivity contribution is 6.31. The number of methoxy groups -OCH3 is 1. The van der Waals surface area contributed by atoms with Gasteiger partial charge in [0.15, 0.2) is 0 Å². The van der Waals surface area contributed by atoms with Gasteiger partial charge in [-0.3, -0.25) is 14.9 Å². The molecule has 0 aliphatic rings. The third kappa shape index (κ3) is 4.90. The van der Waals surface area contributed by atoms with Crippen molar-refractivity contribution in [3.63, 3.8) is 0 Å². The predicted octanol–water partition coefficient (Wildman–Crippen LogP) is 3.58. The number of nitrogens with one attached hydrogen (secondary N) is 1. The number of benzene rings is 2. The van der Waals surface area contributed by atoms with Crippen LogP contribution in [0, 0.1) is 21.4 Å². The number of nitriles is 1. The van der Waals surface area contributed by atoms with E-state index in [1.165, 1.54) is 49.6 Å². The summed E-state index contributed by atoms with van der Waals surface area (Å²) < 4.78 is 4.59. The van der Waals surface area contributed by atoms with Crippen LogP contribution in [-0.4, -0.2) is 23.9 Å². The summed E-state index contributed by atoms with van der Waals surface area (Å²) in [7, 11) is 1.25. The number of carbonyl (C=O) groups excluding carboxylic acids is 2. The van der Waals surface area contributed by atoms with E-state index in [2.05, 4.69) is 10.1 Å². The summed E-state index contributed by atoms with van der Waals surface area (Å²) in [6, 6.07) is 11.5. The van der Waals surface area contributed by atoms with E-state index in [9.17, 15) is 25.0 Å². The molecule has 136 valence electrons. The van der Waals surface area contributed by atoms with Crippen molar-refractivity contribution in [1.82, 2.24) is 0 Å². The first kappa shape index (κ1) is 19.6. The topological polar surface area (TPSA) is 122 Å². The Bertz CT molecular complexity index is 977. The molecule has 0 heterocycles. The third-order valence-electron chi connectivity index (χ3n) is 3.41. The molecule has 2 aromatic rings. The number of nitrogens with zero attached hydrogens (tertiary/aromatic N) is 2. The van der Waals surface area contributed by atoms with E-state index in [0.29, 0.717) is 11.1 Å². The van der Waals surface area contributed by atoms with Crippen LogP contribution in [0.25, 0.3) is 6.08 Å². The van der Waals surface area contributed by atoms with Gasteiger partial charge < -0.3 is 10.1 Å². The third-order valence-corrected chi connectivity index (χ3v) is 3.65. The number of amides is 1. The molecule has 0 aromatic heterocycles. The lowest BCUT2D eigenvalue weighted by Crippen LogP contribution is -2.14. The first-order valence-corrected chi connectivity index (χ1v) is 7.79. The van der Waals surface area contributed by atoms with Crippen molar-refractivity contribution in [1.29, 1.82) is 5.26 Å². The lowest BCUT2D eigenvalue weighted by atomic mass is 10.1. The van der Waals surface area contributed by atoms with E-state index < -0.39 is 22.5 Å². The van der Waals surface area contributed by atoms with Gasteiger partial charge in [0.2, 0.25) is 0 Å². The van der Waals surface area contributed by atoms with Crippen molar-refractivity contribution in [3.8, 4) is 6.07 Å². The zero-order valence-corrected chi connectivity index (χ0v) is 14.7. The molecular weight excluding hydrogens is 374 g/mol. The van der Waals surface area contributed by atoms with Gasteiger partial charge in [-0.05, 0) is 35.9 Å². The molecule has 27 heavy (non-hydrogen) atoms. The van der Waals surface area contributed by atoms with Crippen LogP contribution in [0.1, 0.15) is 15.9 Å². The summed E-state index contributed by atoms with van der Waals surface area (Å²) in [5, 5.41) is 22.8. The molecule has 0 fully saturated rings. The summed E-state index contributed by atoms with van der Waals surface area (Å²) in [4.78, 5) is 34.1. The van der Waals surface area contributed by atoms with Gasteiger partial charge in [-0.2, -0.15) is 5.26 Å². The molecular formula is C18H12ClN3O5.